The van der Waals surface area contributed by atoms with Crippen LogP contribution in [0.15, 0.2) is 176 Å². The predicted molar refractivity (Wildman–Crippen MR) is 273 cm³/mol. The Kier molecular flexibility index (Phi) is 12.2. The summed E-state index contributed by atoms with van der Waals surface area (Å²) < 4.78 is 0. The number of hydrogen-bond donors (Lipinski definition) is 0. The maximum Gasteiger partial charge on any atom is 0.164 e. The maximum absolute atomic E-state index is 10.8. The Labute approximate surface area is 398 Å². The summed E-state index contributed by atoms with van der Waals surface area (Å²) in [5, 5.41) is 10.8. The van der Waals surface area contributed by atoms with E-state index in [1.807, 2.05) is 84.9 Å². The van der Waals surface area contributed by atoms with Gasteiger partial charge in [0.05, 0.1) is 11.6 Å². The van der Waals surface area contributed by atoms with Crippen molar-refractivity contribution in [2.24, 2.45) is 0 Å². The Bertz CT molecular complexity index is 3270. The number of nitriles is 1. The average molecular weight is 882 g/mol. The van der Waals surface area contributed by atoms with E-state index in [4.69, 9.17) is 29.9 Å². The predicted octanol–water partition coefficient (Wildman–Crippen LogP) is 15.4. The van der Waals surface area contributed by atoms with E-state index in [1.54, 1.807) is 0 Å². The molecule has 330 valence electrons. The van der Waals surface area contributed by atoms with Crippen molar-refractivity contribution in [3.8, 4) is 96.7 Å². The summed E-state index contributed by atoms with van der Waals surface area (Å²) in [6, 6.07) is 62.6. The minimum atomic E-state index is 0.461. The Hall–Kier alpha value is -7.95. The van der Waals surface area contributed by atoms with Gasteiger partial charge >= 0.3 is 0 Å². The minimum Gasteiger partial charge on any atom is -0.208 e. The van der Waals surface area contributed by atoms with Crippen LogP contribution in [0, 0.1) is 11.3 Å². The van der Waals surface area contributed by atoms with Crippen LogP contribution < -0.4 is 0 Å². The normalized spacial score (nSPS) is 14.3. The molecule has 7 aromatic carbocycles. The first kappa shape index (κ1) is 42.7. The van der Waals surface area contributed by atoms with Crippen molar-refractivity contribution in [2.75, 3.05) is 0 Å². The van der Waals surface area contributed by atoms with Crippen LogP contribution in [0.4, 0.5) is 0 Å². The second-order valence-electron chi connectivity index (χ2n) is 18.2. The number of hydrogen-bond acceptors (Lipinski definition) is 7. The van der Waals surface area contributed by atoms with Gasteiger partial charge < -0.3 is 0 Å². The van der Waals surface area contributed by atoms with Gasteiger partial charge in [-0.05, 0) is 77.5 Å². The molecular formula is C61H51N7. The molecule has 0 aliphatic heterocycles. The number of benzene rings is 7. The average Bonchev–Trinajstić information content (AvgIpc) is 3.43. The van der Waals surface area contributed by atoms with Crippen molar-refractivity contribution in [3.05, 3.63) is 193 Å². The van der Waals surface area contributed by atoms with E-state index in [-0.39, 0.29) is 0 Å². The molecule has 2 aliphatic rings. The van der Waals surface area contributed by atoms with Gasteiger partial charge in [0, 0.05) is 38.9 Å². The van der Waals surface area contributed by atoms with Gasteiger partial charge in [-0.25, -0.2) is 29.9 Å². The van der Waals surface area contributed by atoms with Gasteiger partial charge in [0.2, 0.25) is 0 Å². The number of rotatable bonds is 10. The molecule has 7 heteroatoms. The fraction of sp³-hybridized carbons (Fsp3) is 0.197. The van der Waals surface area contributed by atoms with Crippen molar-refractivity contribution in [1.29, 1.82) is 5.26 Å². The second-order valence-corrected chi connectivity index (χ2v) is 18.2. The molecule has 0 amide bonds. The molecule has 0 bridgehead atoms. The molecule has 2 fully saturated rings. The van der Waals surface area contributed by atoms with Crippen LogP contribution >= 0.6 is 0 Å². The standard InChI is InChI=1S/C61H51N7/c62-40-46-38-37-45(49-31-15-19-35-53(49)60-65-56(43-25-9-3-10-26-43)63-58(67-60)51-33-17-13-29-47(51)41-21-5-1-6-22-41)39-55(46)50-32-16-20-36-54(50)61-66-57(44-27-11-4-12-28-44)64-59(68-61)52-34-18-14-30-48(52)42-23-7-2-8-24-42/h3-4,9-20,25-39,41-42H,1-2,5-8,21-24H2. The summed E-state index contributed by atoms with van der Waals surface area (Å²) in [5.41, 5.74) is 12.3. The fourth-order valence-electron chi connectivity index (χ4n) is 10.5. The molecular weight excluding hydrogens is 831 g/mol. The highest BCUT2D eigenvalue weighted by atomic mass is 15.0. The molecule has 0 spiro atoms. The van der Waals surface area contributed by atoms with Crippen molar-refractivity contribution in [2.45, 2.75) is 76.0 Å². The first-order valence-electron chi connectivity index (χ1n) is 24.2. The zero-order valence-corrected chi connectivity index (χ0v) is 38.1. The molecule has 0 saturated heterocycles. The van der Waals surface area contributed by atoms with Crippen LogP contribution in [-0.4, -0.2) is 29.9 Å². The molecule has 2 aliphatic carbocycles. The fourth-order valence-corrected chi connectivity index (χ4v) is 10.5. The topological polar surface area (TPSA) is 101 Å². The molecule has 7 nitrogen and oxygen atoms in total. The summed E-state index contributed by atoms with van der Waals surface area (Å²) in [5.74, 6) is 4.64. The van der Waals surface area contributed by atoms with E-state index in [2.05, 4.69) is 97.1 Å². The Morgan fingerprint density at radius 1 is 0.309 bits per heavy atom. The Morgan fingerprint density at radius 2 is 0.676 bits per heavy atom. The monoisotopic (exact) mass is 881 g/mol. The van der Waals surface area contributed by atoms with Gasteiger partial charge in [0.1, 0.15) is 0 Å². The van der Waals surface area contributed by atoms with E-state index in [1.165, 1.54) is 62.5 Å². The third-order valence-corrected chi connectivity index (χ3v) is 13.9. The summed E-state index contributed by atoms with van der Waals surface area (Å²) in [6.07, 6.45) is 12.2. The molecule has 2 heterocycles. The van der Waals surface area contributed by atoms with Gasteiger partial charge in [-0.15, -0.1) is 0 Å². The summed E-state index contributed by atoms with van der Waals surface area (Å²) >= 11 is 0. The van der Waals surface area contributed by atoms with Crippen molar-refractivity contribution in [1.82, 2.24) is 29.9 Å². The molecule has 0 unspecified atom stereocenters. The van der Waals surface area contributed by atoms with Gasteiger partial charge in [0.25, 0.3) is 0 Å². The van der Waals surface area contributed by atoms with Gasteiger partial charge in [-0.3, -0.25) is 0 Å². The maximum atomic E-state index is 10.8. The minimum absolute atomic E-state index is 0.461. The Balaban J connectivity index is 1.05. The molecule has 0 atom stereocenters. The molecule has 2 saturated carbocycles. The van der Waals surface area contributed by atoms with Crippen LogP contribution in [-0.2, 0) is 0 Å². The molecule has 11 rings (SSSR count). The second kappa shape index (κ2) is 19.5. The zero-order valence-electron chi connectivity index (χ0n) is 38.1. The smallest absolute Gasteiger partial charge is 0.164 e. The quantitative estimate of drug-likeness (QED) is 0.135. The van der Waals surface area contributed by atoms with Crippen molar-refractivity contribution >= 4 is 0 Å². The highest BCUT2D eigenvalue weighted by Gasteiger charge is 2.25. The molecule has 0 radical (unpaired) electrons. The first-order valence-corrected chi connectivity index (χ1v) is 24.2. The number of aromatic nitrogens is 6. The van der Waals surface area contributed by atoms with E-state index in [9.17, 15) is 5.26 Å². The largest absolute Gasteiger partial charge is 0.208 e. The third kappa shape index (κ3) is 8.74. The molecule has 2 aromatic heterocycles. The first-order chi connectivity index (χ1) is 33.7. The van der Waals surface area contributed by atoms with Crippen molar-refractivity contribution in [3.63, 3.8) is 0 Å². The summed E-state index contributed by atoms with van der Waals surface area (Å²) in [6.45, 7) is 0. The van der Waals surface area contributed by atoms with E-state index in [0.29, 0.717) is 52.3 Å². The van der Waals surface area contributed by atoms with Crippen LogP contribution in [0.25, 0.3) is 90.6 Å². The van der Waals surface area contributed by atoms with Crippen molar-refractivity contribution < 1.29 is 0 Å². The van der Waals surface area contributed by atoms with E-state index in [0.717, 1.165) is 68.5 Å². The summed E-state index contributed by atoms with van der Waals surface area (Å²) in [7, 11) is 0. The SMILES string of the molecule is N#Cc1ccc(-c2ccccc2-c2nc(-c3ccccc3)nc(-c3ccccc3C3CCCCC3)n2)cc1-c1ccccc1-c1nc(-c2ccccc2)nc(-c2ccccc2C2CCCCC2)n1. The lowest BCUT2D eigenvalue weighted by molar-refractivity contribution is 0.444. The molecule has 0 N–H and O–H groups in total. The van der Waals surface area contributed by atoms with E-state index >= 15 is 0 Å². The molecule has 9 aromatic rings. The van der Waals surface area contributed by atoms with Crippen LogP contribution in [0.2, 0.25) is 0 Å². The lowest BCUT2D eigenvalue weighted by atomic mass is 9.82. The van der Waals surface area contributed by atoms with Gasteiger partial charge in [0.15, 0.2) is 34.9 Å². The van der Waals surface area contributed by atoms with E-state index < -0.39 is 0 Å². The molecule has 68 heavy (non-hydrogen) atoms. The highest BCUT2D eigenvalue weighted by Crippen LogP contribution is 2.42. The Morgan fingerprint density at radius 3 is 1.15 bits per heavy atom. The van der Waals surface area contributed by atoms with Crippen LogP contribution in [0.1, 0.15) is 92.7 Å². The highest BCUT2D eigenvalue weighted by molar-refractivity contribution is 5.89. The van der Waals surface area contributed by atoms with Crippen LogP contribution in [0.5, 0.6) is 0 Å². The lowest BCUT2D eigenvalue weighted by Crippen LogP contribution is -2.08. The lowest BCUT2D eigenvalue weighted by Gasteiger charge is -2.24. The third-order valence-electron chi connectivity index (χ3n) is 13.9. The summed E-state index contributed by atoms with van der Waals surface area (Å²) in [4.78, 5) is 31.4. The van der Waals surface area contributed by atoms with Crippen LogP contribution in [0.3, 0.4) is 0 Å². The van der Waals surface area contributed by atoms with Gasteiger partial charge in [-0.1, -0.05) is 202 Å². The zero-order chi connectivity index (χ0) is 45.7. The van der Waals surface area contributed by atoms with Gasteiger partial charge in [-0.2, -0.15) is 5.26 Å². The number of nitrogens with zero attached hydrogens (tertiary/aromatic N) is 7.